The minimum absolute atomic E-state index is 0.155. The van der Waals surface area contributed by atoms with Crippen molar-refractivity contribution in [3.8, 4) is 0 Å². The number of hydrogen-bond donors (Lipinski definition) is 1. The minimum atomic E-state index is -0.482. The van der Waals surface area contributed by atoms with Crippen LogP contribution in [0.25, 0.3) is 0 Å². The molecule has 2 aromatic carbocycles. The number of hydrazone groups is 1. The first-order chi connectivity index (χ1) is 11.1. The average molecular weight is 351 g/mol. The van der Waals surface area contributed by atoms with Crippen LogP contribution >= 0.6 is 23.4 Å². The molecule has 0 radical (unpaired) electrons. The van der Waals surface area contributed by atoms with E-state index in [9.17, 15) is 9.18 Å². The zero-order valence-corrected chi connectivity index (χ0v) is 14.1. The molecule has 3 nitrogen and oxygen atoms in total. The molecule has 0 saturated heterocycles. The van der Waals surface area contributed by atoms with Crippen LogP contribution in [0.15, 0.2) is 47.6 Å². The third-order valence-electron chi connectivity index (χ3n) is 3.13. The van der Waals surface area contributed by atoms with E-state index in [1.165, 1.54) is 41.2 Å². The topological polar surface area (TPSA) is 41.5 Å². The molecule has 0 aromatic heterocycles. The van der Waals surface area contributed by atoms with E-state index in [2.05, 4.69) is 10.5 Å². The van der Waals surface area contributed by atoms with E-state index in [0.717, 1.165) is 5.75 Å². The van der Waals surface area contributed by atoms with Crippen molar-refractivity contribution in [1.29, 1.82) is 0 Å². The maximum atomic E-state index is 13.5. The summed E-state index contributed by atoms with van der Waals surface area (Å²) in [5.41, 5.74) is 4.93. The molecule has 0 saturated carbocycles. The molecule has 0 aliphatic rings. The smallest absolute Gasteiger partial charge is 0.250 e. The predicted molar refractivity (Wildman–Crippen MR) is 94.5 cm³/mol. The monoisotopic (exact) mass is 350 g/mol. The Morgan fingerprint density at radius 1 is 1.30 bits per heavy atom. The number of thioether (sulfide) groups is 1. The second kappa shape index (κ2) is 8.70. The molecule has 0 atom stereocenters. The molecule has 0 bridgehead atoms. The molecule has 0 spiro atoms. The van der Waals surface area contributed by atoms with Gasteiger partial charge in [-0.15, -0.1) is 11.8 Å². The van der Waals surface area contributed by atoms with E-state index in [1.807, 2.05) is 31.2 Å². The van der Waals surface area contributed by atoms with Gasteiger partial charge in [0.15, 0.2) is 0 Å². The number of carbonyl (C=O) groups excluding carboxylic acids is 1. The van der Waals surface area contributed by atoms with Crippen LogP contribution in [0.3, 0.4) is 0 Å². The summed E-state index contributed by atoms with van der Waals surface area (Å²) >= 11 is 7.36. The SMILES string of the molecule is Cc1ccccc1CSCC(=O)N/N=C/c1c(F)cccc1Cl. The number of amides is 1. The molecule has 0 unspecified atom stereocenters. The maximum Gasteiger partial charge on any atom is 0.250 e. The molecular weight excluding hydrogens is 335 g/mol. The summed E-state index contributed by atoms with van der Waals surface area (Å²) in [5.74, 6) is 0.302. The molecule has 23 heavy (non-hydrogen) atoms. The normalized spacial score (nSPS) is 10.9. The van der Waals surface area contributed by atoms with Gasteiger partial charge in [0.25, 0.3) is 0 Å². The van der Waals surface area contributed by atoms with Crippen LogP contribution < -0.4 is 5.43 Å². The van der Waals surface area contributed by atoms with Gasteiger partial charge in [0, 0.05) is 11.3 Å². The van der Waals surface area contributed by atoms with Crippen LogP contribution in [-0.4, -0.2) is 17.9 Å². The number of nitrogens with one attached hydrogen (secondary N) is 1. The molecule has 120 valence electrons. The van der Waals surface area contributed by atoms with E-state index in [0.29, 0.717) is 0 Å². The van der Waals surface area contributed by atoms with Crippen LogP contribution in [0, 0.1) is 12.7 Å². The van der Waals surface area contributed by atoms with Gasteiger partial charge in [-0.2, -0.15) is 5.10 Å². The number of halogens is 2. The van der Waals surface area contributed by atoms with Gasteiger partial charge in [0.05, 0.1) is 17.0 Å². The highest BCUT2D eigenvalue weighted by Gasteiger charge is 2.05. The van der Waals surface area contributed by atoms with Crippen molar-refractivity contribution in [3.05, 3.63) is 70.0 Å². The highest BCUT2D eigenvalue weighted by molar-refractivity contribution is 7.99. The Morgan fingerprint density at radius 3 is 2.83 bits per heavy atom. The lowest BCUT2D eigenvalue weighted by molar-refractivity contribution is -0.118. The summed E-state index contributed by atoms with van der Waals surface area (Å²) in [6.07, 6.45) is 1.21. The largest absolute Gasteiger partial charge is 0.272 e. The second-order valence-electron chi connectivity index (χ2n) is 4.85. The van der Waals surface area contributed by atoms with Crippen LogP contribution in [0.1, 0.15) is 16.7 Å². The number of aryl methyl sites for hydroxylation is 1. The lowest BCUT2D eigenvalue weighted by Crippen LogP contribution is -2.19. The zero-order chi connectivity index (χ0) is 16.7. The Kier molecular flexibility index (Phi) is 6.62. The Balaban J connectivity index is 1.79. The van der Waals surface area contributed by atoms with Crippen LogP contribution in [0.4, 0.5) is 4.39 Å². The molecule has 0 aliphatic carbocycles. The summed E-state index contributed by atoms with van der Waals surface area (Å²) in [5, 5.41) is 3.99. The van der Waals surface area contributed by atoms with Crippen molar-refractivity contribution in [1.82, 2.24) is 5.43 Å². The molecule has 6 heteroatoms. The third-order valence-corrected chi connectivity index (χ3v) is 4.45. The fourth-order valence-corrected chi connectivity index (χ4v) is 2.97. The summed E-state index contributed by atoms with van der Waals surface area (Å²) in [6.45, 7) is 2.04. The number of hydrogen-bond acceptors (Lipinski definition) is 3. The molecule has 2 aromatic rings. The predicted octanol–water partition coefficient (Wildman–Crippen LogP) is 4.17. The van der Waals surface area contributed by atoms with Crippen molar-refractivity contribution in [2.45, 2.75) is 12.7 Å². The van der Waals surface area contributed by atoms with Crippen molar-refractivity contribution < 1.29 is 9.18 Å². The second-order valence-corrected chi connectivity index (χ2v) is 6.24. The molecule has 0 fully saturated rings. The maximum absolute atomic E-state index is 13.5. The first-order valence-corrected chi connectivity index (χ1v) is 8.49. The summed E-state index contributed by atoms with van der Waals surface area (Å²) in [4.78, 5) is 11.7. The Labute approximate surface area is 143 Å². The van der Waals surface area contributed by atoms with Gasteiger partial charge in [-0.3, -0.25) is 4.79 Å². The molecule has 1 amide bonds. The molecular formula is C17H16ClFN2OS. The van der Waals surface area contributed by atoms with Crippen molar-refractivity contribution >= 4 is 35.5 Å². The number of nitrogens with zero attached hydrogens (tertiary/aromatic N) is 1. The molecule has 0 heterocycles. The van der Waals surface area contributed by atoms with Gasteiger partial charge in [-0.05, 0) is 30.2 Å². The number of benzene rings is 2. The van der Waals surface area contributed by atoms with E-state index < -0.39 is 5.82 Å². The lowest BCUT2D eigenvalue weighted by atomic mass is 10.1. The highest BCUT2D eigenvalue weighted by Crippen LogP contribution is 2.17. The third kappa shape index (κ3) is 5.37. The molecule has 1 N–H and O–H groups in total. The summed E-state index contributed by atoms with van der Waals surface area (Å²) in [6, 6.07) is 12.4. The molecule has 2 rings (SSSR count). The van der Waals surface area contributed by atoms with Crippen LogP contribution in [0.2, 0.25) is 5.02 Å². The first-order valence-electron chi connectivity index (χ1n) is 6.96. The van der Waals surface area contributed by atoms with E-state index in [4.69, 9.17) is 11.6 Å². The fourth-order valence-electron chi connectivity index (χ4n) is 1.86. The average Bonchev–Trinajstić information content (AvgIpc) is 2.52. The number of carbonyl (C=O) groups is 1. The van der Waals surface area contributed by atoms with Crippen molar-refractivity contribution in [2.75, 3.05) is 5.75 Å². The fraction of sp³-hybridized carbons (Fsp3) is 0.176. The Morgan fingerprint density at radius 2 is 2.09 bits per heavy atom. The van der Waals surface area contributed by atoms with Gasteiger partial charge in [-0.25, -0.2) is 9.82 Å². The van der Waals surface area contributed by atoms with Crippen molar-refractivity contribution in [3.63, 3.8) is 0 Å². The van der Waals surface area contributed by atoms with E-state index >= 15 is 0 Å². The summed E-state index contributed by atoms with van der Waals surface area (Å²) in [7, 11) is 0. The Hall–Kier alpha value is -1.85. The number of rotatable bonds is 6. The van der Waals surface area contributed by atoms with Crippen molar-refractivity contribution in [2.24, 2.45) is 5.10 Å². The van der Waals surface area contributed by atoms with Gasteiger partial charge < -0.3 is 0 Å². The van der Waals surface area contributed by atoms with Gasteiger partial charge in [0.1, 0.15) is 5.82 Å². The first kappa shape index (κ1) is 17.5. The Bertz CT molecular complexity index is 701. The minimum Gasteiger partial charge on any atom is -0.272 e. The van der Waals surface area contributed by atoms with Gasteiger partial charge in [0.2, 0.25) is 5.91 Å². The van der Waals surface area contributed by atoms with Crippen LogP contribution in [0.5, 0.6) is 0 Å². The van der Waals surface area contributed by atoms with Crippen LogP contribution in [-0.2, 0) is 10.5 Å². The molecule has 0 aliphatic heterocycles. The lowest BCUT2D eigenvalue weighted by Gasteiger charge is -2.04. The standard InChI is InChI=1S/C17H16ClFN2OS/c1-12-5-2-3-6-13(12)10-23-11-17(22)21-20-9-14-15(18)7-4-8-16(14)19/h2-9H,10-11H2,1H3,(H,21,22)/b20-9+. The highest BCUT2D eigenvalue weighted by atomic mass is 35.5. The van der Waals surface area contributed by atoms with Gasteiger partial charge >= 0.3 is 0 Å². The summed E-state index contributed by atoms with van der Waals surface area (Å²) < 4.78 is 13.5. The van der Waals surface area contributed by atoms with Gasteiger partial charge in [-0.1, -0.05) is 41.9 Å². The zero-order valence-electron chi connectivity index (χ0n) is 12.6. The van der Waals surface area contributed by atoms with E-state index in [-0.39, 0.29) is 22.2 Å². The van der Waals surface area contributed by atoms with E-state index in [1.54, 1.807) is 6.07 Å². The quantitative estimate of drug-likeness (QED) is 0.627.